The van der Waals surface area contributed by atoms with E-state index in [4.69, 9.17) is 16.3 Å². The molecule has 0 saturated carbocycles. The van der Waals surface area contributed by atoms with Crippen LogP contribution < -0.4 is 4.80 Å². The standard InChI is InChI=1S/C22H23ClN4O6S2/c1-2-33-13-12-25-19-14-16(27(29)30)7-10-20(19)34-22(25)24-21(28)18-4-3-11-26(18)35(31,32)17-8-5-15(23)6-9-17/h5-10,14,18H,2-4,11-13H2,1H3. The number of amides is 1. The summed E-state index contributed by atoms with van der Waals surface area (Å²) >= 11 is 7.10. The van der Waals surface area contributed by atoms with E-state index in [1.165, 1.54) is 52.0 Å². The second-order valence-electron chi connectivity index (χ2n) is 7.82. The first-order chi connectivity index (χ1) is 16.7. The van der Waals surface area contributed by atoms with Crippen molar-refractivity contribution in [3.05, 3.63) is 62.4 Å². The van der Waals surface area contributed by atoms with Gasteiger partial charge in [0.1, 0.15) is 6.04 Å². The van der Waals surface area contributed by atoms with Crippen molar-refractivity contribution in [1.82, 2.24) is 8.87 Å². The van der Waals surface area contributed by atoms with Gasteiger partial charge in [-0.05, 0) is 50.1 Å². The number of nitrogens with zero attached hydrogens (tertiary/aromatic N) is 4. The topological polar surface area (TPSA) is 124 Å². The van der Waals surface area contributed by atoms with E-state index in [1.807, 2.05) is 6.92 Å². The number of hydrogen-bond acceptors (Lipinski definition) is 7. The van der Waals surface area contributed by atoms with Gasteiger partial charge in [0.25, 0.3) is 11.6 Å². The molecule has 1 fully saturated rings. The van der Waals surface area contributed by atoms with E-state index < -0.39 is 26.9 Å². The Kier molecular flexibility index (Phi) is 7.67. The summed E-state index contributed by atoms with van der Waals surface area (Å²) in [6.07, 6.45) is 0.881. The Balaban J connectivity index is 1.72. The fourth-order valence-electron chi connectivity index (χ4n) is 3.96. The van der Waals surface area contributed by atoms with Crippen molar-refractivity contribution in [3.8, 4) is 0 Å². The largest absolute Gasteiger partial charge is 0.380 e. The SMILES string of the molecule is CCOCCn1c(=NC(=O)C2CCCN2S(=O)(=O)c2ccc(Cl)cc2)sc2ccc([N+](=O)[O-])cc21. The van der Waals surface area contributed by atoms with Crippen LogP contribution in [0.15, 0.2) is 52.4 Å². The molecule has 3 aromatic rings. The average molecular weight is 539 g/mol. The van der Waals surface area contributed by atoms with Gasteiger partial charge in [-0.1, -0.05) is 22.9 Å². The third-order valence-corrected chi connectivity index (χ3v) is 8.89. The number of ether oxygens (including phenoxy) is 1. The molecule has 1 amide bonds. The highest BCUT2D eigenvalue weighted by molar-refractivity contribution is 7.89. The van der Waals surface area contributed by atoms with Crippen molar-refractivity contribution in [1.29, 1.82) is 0 Å². The van der Waals surface area contributed by atoms with Crippen LogP contribution in [-0.4, -0.2) is 53.9 Å². The number of fused-ring (bicyclic) bond motifs is 1. The molecular formula is C22H23ClN4O6S2. The van der Waals surface area contributed by atoms with Gasteiger partial charge in [-0.15, -0.1) is 0 Å². The van der Waals surface area contributed by atoms with Crippen LogP contribution in [0.25, 0.3) is 10.2 Å². The Morgan fingerprint density at radius 3 is 2.71 bits per heavy atom. The number of rotatable bonds is 8. The molecule has 2 heterocycles. The molecule has 13 heteroatoms. The molecule has 1 atom stereocenters. The molecule has 0 spiro atoms. The van der Waals surface area contributed by atoms with Gasteiger partial charge >= 0.3 is 0 Å². The Hall–Kier alpha value is -2.64. The molecular weight excluding hydrogens is 516 g/mol. The van der Waals surface area contributed by atoms with E-state index in [2.05, 4.69) is 4.99 Å². The van der Waals surface area contributed by atoms with E-state index in [9.17, 15) is 23.3 Å². The quantitative estimate of drug-likeness (QED) is 0.245. The summed E-state index contributed by atoms with van der Waals surface area (Å²) in [5.41, 5.74) is 0.488. The van der Waals surface area contributed by atoms with Crippen LogP contribution in [-0.2, 0) is 26.1 Å². The van der Waals surface area contributed by atoms with Crippen molar-refractivity contribution >= 4 is 54.8 Å². The van der Waals surface area contributed by atoms with Crippen LogP contribution in [0.2, 0.25) is 5.02 Å². The second-order valence-corrected chi connectivity index (χ2v) is 11.2. The zero-order valence-corrected chi connectivity index (χ0v) is 21.2. The number of carbonyl (C=O) groups is 1. The van der Waals surface area contributed by atoms with E-state index >= 15 is 0 Å². The van der Waals surface area contributed by atoms with Crippen molar-refractivity contribution in [2.24, 2.45) is 4.99 Å². The Labute approximate surface area is 210 Å². The summed E-state index contributed by atoms with van der Waals surface area (Å²) in [7, 11) is -3.91. The lowest BCUT2D eigenvalue weighted by Crippen LogP contribution is -2.40. The fraction of sp³-hybridized carbons (Fsp3) is 0.364. The number of carbonyl (C=O) groups excluding carboxylic acids is 1. The highest BCUT2D eigenvalue weighted by Crippen LogP contribution is 2.28. The molecule has 0 aliphatic carbocycles. The van der Waals surface area contributed by atoms with Crippen molar-refractivity contribution < 1.29 is 22.9 Å². The summed E-state index contributed by atoms with van der Waals surface area (Å²) in [5.74, 6) is -0.578. The van der Waals surface area contributed by atoms with Gasteiger partial charge in [-0.2, -0.15) is 9.30 Å². The summed E-state index contributed by atoms with van der Waals surface area (Å²) in [6.45, 7) is 3.21. The molecule has 0 bridgehead atoms. The van der Waals surface area contributed by atoms with Gasteiger partial charge in [0.05, 0.1) is 26.6 Å². The molecule has 4 rings (SSSR count). The lowest BCUT2D eigenvalue weighted by molar-refractivity contribution is -0.384. The molecule has 1 unspecified atom stereocenters. The molecule has 0 radical (unpaired) electrons. The average Bonchev–Trinajstić information content (AvgIpc) is 3.45. The Bertz CT molecular complexity index is 1430. The van der Waals surface area contributed by atoms with Gasteiger partial charge in [0.2, 0.25) is 10.0 Å². The molecule has 2 aromatic carbocycles. The van der Waals surface area contributed by atoms with Crippen LogP contribution in [0.4, 0.5) is 5.69 Å². The number of non-ortho nitro benzene ring substituents is 1. The molecule has 0 N–H and O–H groups in total. The van der Waals surface area contributed by atoms with E-state index in [-0.39, 0.29) is 17.1 Å². The first-order valence-corrected chi connectivity index (χ1v) is 13.6. The number of nitro benzene ring substituents is 1. The zero-order valence-electron chi connectivity index (χ0n) is 18.8. The number of sulfonamides is 1. The lowest BCUT2D eigenvalue weighted by Gasteiger charge is -2.21. The molecule has 1 aliphatic rings. The molecule has 35 heavy (non-hydrogen) atoms. The highest BCUT2D eigenvalue weighted by atomic mass is 35.5. The Morgan fingerprint density at radius 2 is 2.03 bits per heavy atom. The minimum atomic E-state index is -3.91. The maximum atomic E-state index is 13.3. The van der Waals surface area contributed by atoms with Crippen LogP contribution in [0.3, 0.4) is 0 Å². The fourth-order valence-corrected chi connectivity index (χ4v) is 6.78. The van der Waals surface area contributed by atoms with Crippen LogP contribution in [0, 0.1) is 10.1 Å². The van der Waals surface area contributed by atoms with E-state index in [0.29, 0.717) is 47.9 Å². The number of halogens is 1. The van der Waals surface area contributed by atoms with E-state index in [1.54, 1.807) is 10.6 Å². The summed E-state index contributed by atoms with van der Waals surface area (Å²) in [4.78, 5) is 28.7. The van der Waals surface area contributed by atoms with Gasteiger partial charge in [0.15, 0.2) is 4.80 Å². The smallest absolute Gasteiger partial charge is 0.271 e. The third-order valence-electron chi connectivity index (χ3n) is 5.65. The van der Waals surface area contributed by atoms with Gasteiger partial charge < -0.3 is 9.30 Å². The van der Waals surface area contributed by atoms with E-state index in [0.717, 1.165) is 4.70 Å². The van der Waals surface area contributed by atoms with Crippen LogP contribution in [0.1, 0.15) is 19.8 Å². The maximum absolute atomic E-state index is 13.3. The summed E-state index contributed by atoms with van der Waals surface area (Å²) in [6, 6.07) is 9.32. The lowest BCUT2D eigenvalue weighted by atomic mass is 10.2. The number of hydrogen-bond donors (Lipinski definition) is 0. The van der Waals surface area contributed by atoms with Gasteiger partial charge in [-0.25, -0.2) is 8.42 Å². The van der Waals surface area contributed by atoms with Gasteiger partial charge in [0, 0.05) is 36.9 Å². The third kappa shape index (κ3) is 5.31. The molecule has 186 valence electrons. The number of thiazole rings is 1. The van der Waals surface area contributed by atoms with Crippen LogP contribution in [0.5, 0.6) is 0 Å². The predicted molar refractivity (Wildman–Crippen MR) is 132 cm³/mol. The normalized spacial score (nSPS) is 17.3. The first kappa shape index (κ1) is 25.5. The molecule has 1 aromatic heterocycles. The molecule has 1 saturated heterocycles. The number of aromatic nitrogens is 1. The molecule has 1 aliphatic heterocycles. The minimum absolute atomic E-state index is 0.0579. The minimum Gasteiger partial charge on any atom is -0.380 e. The zero-order chi connectivity index (χ0) is 25.2. The number of benzene rings is 2. The van der Waals surface area contributed by atoms with Crippen molar-refractivity contribution in [2.45, 2.75) is 37.2 Å². The predicted octanol–water partition coefficient (Wildman–Crippen LogP) is 3.58. The first-order valence-electron chi connectivity index (χ1n) is 10.9. The Morgan fingerprint density at radius 1 is 1.29 bits per heavy atom. The number of nitro groups is 1. The maximum Gasteiger partial charge on any atom is 0.271 e. The summed E-state index contributed by atoms with van der Waals surface area (Å²) < 4.78 is 35.4. The second kappa shape index (κ2) is 10.5. The monoisotopic (exact) mass is 538 g/mol. The summed E-state index contributed by atoms with van der Waals surface area (Å²) in [5, 5.41) is 11.7. The van der Waals surface area contributed by atoms with Crippen LogP contribution >= 0.6 is 22.9 Å². The highest BCUT2D eigenvalue weighted by Gasteiger charge is 2.39. The van der Waals surface area contributed by atoms with Crippen molar-refractivity contribution in [2.75, 3.05) is 19.8 Å². The molecule has 10 nitrogen and oxygen atoms in total. The van der Waals surface area contributed by atoms with Gasteiger partial charge in [-0.3, -0.25) is 14.9 Å². The van der Waals surface area contributed by atoms with Crippen molar-refractivity contribution in [3.63, 3.8) is 0 Å².